The summed E-state index contributed by atoms with van der Waals surface area (Å²) < 4.78 is 0. The summed E-state index contributed by atoms with van der Waals surface area (Å²) in [5.74, 6) is 0. The summed E-state index contributed by atoms with van der Waals surface area (Å²) in [4.78, 5) is 0. The molecule has 0 nitrogen and oxygen atoms in total. The van der Waals surface area contributed by atoms with Crippen LogP contribution in [0.3, 0.4) is 0 Å². The topological polar surface area (TPSA) is 0 Å². The van der Waals surface area contributed by atoms with Crippen molar-refractivity contribution in [2.45, 2.75) is 46.0 Å². The Morgan fingerprint density at radius 1 is 0.423 bits per heavy atom. The van der Waals surface area contributed by atoms with Crippen LogP contribution in [0.4, 0.5) is 0 Å². The van der Waals surface area contributed by atoms with Gasteiger partial charge in [-0.2, -0.15) is 12.1 Å². The molecule has 0 saturated carbocycles. The van der Waals surface area contributed by atoms with Gasteiger partial charge in [-0.05, 0) is 90.5 Å². The van der Waals surface area contributed by atoms with E-state index in [4.69, 9.17) is 0 Å². The normalized spacial score (nSPS) is 11.2. The first kappa shape index (κ1) is 38.6. The average Bonchev–Trinajstić information content (AvgIpc) is 3.77. The van der Waals surface area contributed by atoms with E-state index in [1.54, 1.807) is 0 Å². The van der Waals surface area contributed by atoms with Gasteiger partial charge in [0.1, 0.15) is 0 Å². The molecule has 0 amide bonds. The molecule has 52 heavy (non-hydrogen) atoms. The molecule has 8 aromatic carbocycles. The smallest absolute Gasteiger partial charge is 0.358 e. The van der Waals surface area contributed by atoms with Crippen LogP contribution in [-0.2, 0) is 44.1 Å². The fraction of sp³-hybridized carbons (Fsp3) is 0.137. The first-order chi connectivity index (χ1) is 23.9. The fourth-order valence-electron chi connectivity index (χ4n) is 8.10. The number of benzene rings is 6. The van der Waals surface area contributed by atoms with Crippen LogP contribution in [0.1, 0.15) is 44.5 Å². The quantitative estimate of drug-likeness (QED) is 0.106. The average molecular weight is 839 g/mol. The van der Waals surface area contributed by atoms with Crippen molar-refractivity contribution in [3.63, 3.8) is 0 Å². The Balaban J connectivity index is 0.00000174. The number of hydrogen-bond donors (Lipinski definition) is 0. The summed E-state index contributed by atoms with van der Waals surface area (Å²) in [5, 5.41) is 5.24. The van der Waals surface area contributed by atoms with Crippen LogP contribution in [0.15, 0.2) is 158 Å². The van der Waals surface area contributed by atoms with Gasteiger partial charge in [-0.15, -0.1) is 69.1 Å². The van der Waals surface area contributed by atoms with Crippen LogP contribution in [0.2, 0.25) is 0 Å². The molecule has 0 unspecified atom stereocenters. The van der Waals surface area contributed by atoms with Gasteiger partial charge in [0.05, 0.1) is 0 Å². The Hall–Kier alpha value is -4.59. The van der Waals surface area contributed by atoms with Crippen LogP contribution in [0.25, 0.3) is 43.8 Å². The van der Waals surface area contributed by atoms with Crippen molar-refractivity contribution >= 4 is 21.5 Å². The van der Waals surface area contributed by atoms with Crippen molar-refractivity contribution in [2.24, 2.45) is 0 Å². The van der Waals surface area contributed by atoms with E-state index in [0.29, 0.717) is 0 Å². The van der Waals surface area contributed by atoms with E-state index in [1.807, 2.05) is 0 Å². The van der Waals surface area contributed by atoms with Crippen molar-refractivity contribution in [1.82, 2.24) is 0 Å². The van der Waals surface area contributed by atoms with Crippen molar-refractivity contribution in [2.75, 3.05) is 0 Å². The first-order valence-electron chi connectivity index (χ1n) is 17.5. The Morgan fingerprint density at radius 3 is 1.19 bits per heavy atom. The molecular weight excluding hydrogens is 791 g/mol. The molecule has 0 aliphatic rings. The Labute approximate surface area is 330 Å². The molecule has 8 rings (SSSR count). The molecule has 0 aliphatic heterocycles. The molecule has 0 aromatic heterocycles. The Morgan fingerprint density at radius 2 is 0.788 bits per heavy atom. The molecule has 0 heterocycles. The molecular formula is C51H48Hf. The van der Waals surface area contributed by atoms with E-state index in [1.165, 1.54) is 88.3 Å². The zero-order valence-corrected chi connectivity index (χ0v) is 35.0. The standard InChI is InChI=1S/C49H42.2CH3.Hf/c1-33-15-11-23-43(35(33)3)45-25-13-21-39-27-41(29-47(39)45)49(31-37-17-7-5-8-18-37,32-38-19-9-6-10-20-38)42-28-40-22-14-26-46(48(40)30-42)44-24-12-16-34(2)36(44)4;;;/h5-30H,31-32H2,1-4H3;2*1H3;/q-2;2*-1;+4. The number of aryl methyl sites for hydroxylation is 2. The maximum atomic E-state index is 2.52. The molecule has 256 valence electrons. The van der Waals surface area contributed by atoms with E-state index in [9.17, 15) is 0 Å². The summed E-state index contributed by atoms with van der Waals surface area (Å²) in [7, 11) is 0. The summed E-state index contributed by atoms with van der Waals surface area (Å²) in [5.41, 5.74) is 15.7. The predicted octanol–water partition coefficient (Wildman–Crippen LogP) is 13.7. The van der Waals surface area contributed by atoms with Crippen molar-refractivity contribution in [3.05, 3.63) is 217 Å². The summed E-state index contributed by atoms with van der Waals surface area (Å²) in [6.07, 6.45) is 1.79. The second kappa shape index (κ2) is 16.0. The van der Waals surface area contributed by atoms with Gasteiger partial charge in [-0.1, -0.05) is 120 Å². The zero-order chi connectivity index (χ0) is 33.5. The van der Waals surface area contributed by atoms with E-state index in [2.05, 4.69) is 185 Å². The summed E-state index contributed by atoms with van der Waals surface area (Å²) in [6.45, 7) is 8.94. The van der Waals surface area contributed by atoms with Gasteiger partial charge in [0.15, 0.2) is 0 Å². The largest absolute Gasteiger partial charge is 4.00 e. The Kier molecular flexibility index (Phi) is 11.9. The summed E-state index contributed by atoms with van der Waals surface area (Å²) in [6, 6.07) is 59.2. The van der Waals surface area contributed by atoms with Gasteiger partial charge in [0.25, 0.3) is 0 Å². The molecule has 1 heteroatoms. The monoisotopic (exact) mass is 840 g/mol. The summed E-state index contributed by atoms with van der Waals surface area (Å²) >= 11 is 0. The van der Waals surface area contributed by atoms with Crippen molar-refractivity contribution < 1.29 is 25.8 Å². The second-order valence-corrected chi connectivity index (χ2v) is 14.0. The van der Waals surface area contributed by atoms with E-state index >= 15 is 0 Å². The third-order valence-electron chi connectivity index (χ3n) is 11.1. The minimum atomic E-state index is -0.307. The maximum absolute atomic E-state index is 2.52. The van der Waals surface area contributed by atoms with Gasteiger partial charge >= 0.3 is 25.8 Å². The maximum Gasteiger partial charge on any atom is 4.00 e. The molecule has 0 bridgehead atoms. The fourth-order valence-corrected chi connectivity index (χ4v) is 8.10. The zero-order valence-electron chi connectivity index (χ0n) is 31.4. The second-order valence-electron chi connectivity index (χ2n) is 14.0. The van der Waals surface area contributed by atoms with Gasteiger partial charge in [0.2, 0.25) is 0 Å². The third-order valence-corrected chi connectivity index (χ3v) is 11.1. The van der Waals surface area contributed by atoms with E-state index in [0.717, 1.165) is 12.8 Å². The minimum Gasteiger partial charge on any atom is -0.358 e. The van der Waals surface area contributed by atoms with Gasteiger partial charge < -0.3 is 14.9 Å². The number of rotatable bonds is 8. The van der Waals surface area contributed by atoms with Crippen molar-refractivity contribution in [1.29, 1.82) is 0 Å². The molecule has 8 aromatic rings. The number of fused-ring (bicyclic) bond motifs is 2. The van der Waals surface area contributed by atoms with Crippen LogP contribution in [0, 0.1) is 42.5 Å². The molecule has 0 N–H and O–H groups in total. The Bertz CT molecular complexity index is 2250. The van der Waals surface area contributed by atoms with Crippen LogP contribution in [0.5, 0.6) is 0 Å². The van der Waals surface area contributed by atoms with Gasteiger partial charge in [-0.3, -0.25) is 0 Å². The van der Waals surface area contributed by atoms with Gasteiger partial charge in [-0.25, -0.2) is 0 Å². The SMILES string of the molecule is Cc1cccc(-c2cccc3[cH-]c(C(Cc4ccccc4)(Cc4ccccc4)c4cc5c(-c6cccc(C)c6C)cccc5[cH-]4)cc23)c1C.[CH3-].[CH3-].[Hf+4]. The molecule has 0 atom stereocenters. The molecule has 0 saturated heterocycles. The molecule has 0 aliphatic carbocycles. The van der Waals surface area contributed by atoms with Crippen LogP contribution >= 0.6 is 0 Å². The third kappa shape index (κ3) is 6.96. The van der Waals surface area contributed by atoms with Crippen LogP contribution in [-0.4, -0.2) is 0 Å². The molecule has 0 fully saturated rings. The molecule has 0 spiro atoms. The van der Waals surface area contributed by atoms with Gasteiger partial charge in [0, 0.05) is 0 Å². The molecule has 0 radical (unpaired) electrons. The predicted molar refractivity (Wildman–Crippen MR) is 223 cm³/mol. The van der Waals surface area contributed by atoms with E-state index in [-0.39, 0.29) is 46.1 Å². The van der Waals surface area contributed by atoms with Crippen molar-refractivity contribution in [3.8, 4) is 22.3 Å². The first-order valence-corrected chi connectivity index (χ1v) is 17.5. The van der Waals surface area contributed by atoms with Crippen LogP contribution < -0.4 is 0 Å². The van der Waals surface area contributed by atoms with E-state index < -0.39 is 0 Å². The number of hydrogen-bond acceptors (Lipinski definition) is 0. The minimum absolute atomic E-state index is 0.